The zero-order valence-electron chi connectivity index (χ0n) is 27.4. The second kappa shape index (κ2) is 12.1. The summed E-state index contributed by atoms with van der Waals surface area (Å²) in [5, 5.41) is 2.28. The lowest BCUT2D eigenvalue weighted by atomic mass is 10.0. The van der Waals surface area contributed by atoms with Gasteiger partial charge in [-0.05, 0) is 65.7 Å². The van der Waals surface area contributed by atoms with Gasteiger partial charge in [-0.2, -0.15) is 9.97 Å². The van der Waals surface area contributed by atoms with E-state index in [1.54, 1.807) is 0 Å². The van der Waals surface area contributed by atoms with Gasteiger partial charge in [-0.1, -0.05) is 133 Å². The zero-order valence-corrected chi connectivity index (χ0v) is 28.2. The molecule has 1 aliphatic rings. The van der Waals surface area contributed by atoms with Gasteiger partial charge in [-0.3, -0.25) is 4.57 Å². The molecule has 6 heteroatoms. The number of nitrogens with zero attached hydrogens (tertiary/aromatic N) is 5. The highest BCUT2D eigenvalue weighted by atomic mass is 32.2. The van der Waals surface area contributed by atoms with Crippen molar-refractivity contribution in [1.29, 1.82) is 0 Å². The van der Waals surface area contributed by atoms with E-state index in [9.17, 15) is 0 Å². The Morgan fingerprint density at radius 3 is 1.63 bits per heavy atom. The van der Waals surface area contributed by atoms with E-state index in [1.165, 1.54) is 21.2 Å². The van der Waals surface area contributed by atoms with Crippen molar-refractivity contribution >= 4 is 50.6 Å². The van der Waals surface area contributed by atoms with Crippen molar-refractivity contribution in [2.24, 2.45) is 0 Å². The molecule has 0 radical (unpaired) electrons. The first-order valence-corrected chi connectivity index (χ1v) is 17.8. The summed E-state index contributed by atoms with van der Waals surface area (Å²) < 4.78 is 2.17. The summed E-state index contributed by atoms with van der Waals surface area (Å²) in [6.07, 6.45) is 0. The molecule has 0 bridgehead atoms. The van der Waals surface area contributed by atoms with Gasteiger partial charge < -0.3 is 4.90 Å². The van der Waals surface area contributed by atoms with Crippen LogP contribution < -0.4 is 4.90 Å². The van der Waals surface area contributed by atoms with Crippen LogP contribution in [0.4, 0.5) is 17.1 Å². The number of benzene rings is 7. The molecule has 10 rings (SSSR count). The first-order valence-electron chi connectivity index (χ1n) is 17.0. The van der Waals surface area contributed by atoms with Crippen molar-refractivity contribution in [3.63, 3.8) is 0 Å². The molecule has 0 spiro atoms. The molecule has 51 heavy (non-hydrogen) atoms. The summed E-state index contributed by atoms with van der Waals surface area (Å²) in [4.78, 5) is 20.0. The van der Waals surface area contributed by atoms with Gasteiger partial charge in [0.1, 0.15) is 0 Å². The van der Waals surface area contributed by atoms with Crippen LogP contribution in [-0.4, -0.2) is 19.5 Å². The Balaban J connectivity index is 1.13. The second-order valence-corrected chi connectivity index (χ2v) is 13.6. The van der Waals surface area contributed by atoms with E-state index >= 15 is 0 Å². The van der Waals surface area contributed by atoms with Gasteiger partial charge in [0, 0.05) is 37.4 Å². The van der Waals surface area contributed by atoms with Crippen LogP contribution in [0.15, 0.2) is 186 Å². The highest BCUT2D eigenvalue weighted by Crippen LogP contribution is 2.51. The quantitative estimate of drug-likeness (QED) is 0.182. The average molecular weight is 672 g/mol. The predicted molar refractivity (Wildman–Crippen MR) is 209 cm³/mol. The van der Waals surface area contributed by atoms with Gasteiger partial charge in [0.15, 0.2) is 11.6 Å². The Hall–Kier alpha value is -6.50. The van der Waals surface area contributed by atoms with Crippen molar-refractivity contribution < 1.29 is 0 Å². The van der Waals surface area contributed by atoms with E-state index in [0.29, 0.717) is 17.6 Å². The highest BCUT2D eigenvalue weighted by Gasteiger charge is 2.25. The predicted octanol–water partition coefficient (Wildman–Crippen LogP) is 11.9. The summed E-state index contributed by atoms with van der Waals surface area (Å²) >= 11 is 1.83. The third-order valence-corrected chi connectivity index (χ3v) is 10.6. The summed E-state index contributed by atoms with van der Waals surface area (Å²) in [5.74, 6) is 1.86. The van der Waals surface area contributed by atoms with E-state index < -0.39 is 0 Å². The molecule has 0 saturated carbocycles. The lowest BCUT2D eigenvalue weighted by molar-refractivity contribution is 0.953. The molecular weight excluding hydrogens is 643 g/mol. The van der Waals surface area contributed by atoms with Crippen LogP contribution in [0.25, 0.3) is 61.7 Å². The van der Waals surface area contributed by atoms with E-state index in [1.807, 2.05) is 72.4 Å². The fraction of sp³-hybridized carbons (Fsp3) is 0. The number of rotatable bonds is 5. The van der Waals surface area contributed by atoms with E-state index in [-0.39, 0.29) is 0 Å². The van der Waals surface area contributed by atoms with Crippen LogP contribution in [-0.2, 0) is 0 Å². The van der Waals surface area contributed by atoms with Crippen molar-refractivity contribution in [1.82, 2.24) is 19.5 Å². The average Bonchev–Trinajstić information content (AvgIpc) is 3.54. The van der Waals surface area contributed by atoms with Gasteiger partial charge in [0.25, 0.3) is 0 Å². The van der Waals surface area contributed by atoms with Gasteiger partial charge in [-0.15, -0.1) is 0 Å². The summed E-state index contributed by atoms with van der Waals surface area (Å²) in [6.45, 7) is 0. The number of para-hydroxylation sites is 3. The smallest absolute Gasteiger partial charge is 0.238 e. The maximum atomic E-state index is 5.09. The number of fused-ring (bicyclic) bond motifs is 5. The van der Waals surface area contributed by atoms with Crippen molar-refractivity contribution in [3.05, 3.63) is 176 Å². The van der Waals surface area contributed by atoms with Gasteiger partial charge in [0.05, 0.1) is 22.4 Å². The minimum Gasteiger partial charge on any atom is -0.308 e. The Morgan fingerprint density at radius 2 is 0.941 bits per heavy atom. The molecule has 0 aliphatic carbocycles. The van der Waals surface area contributed by atoms with E-state index in [4.69, 9.17) is 15.0 Å². The molecule has 0 amide bonds. The molecule has 7 aromatic carbocycles. The normalized spacial score (nSPS) is 12.2. The maximum absolute atomic E-state index is 5.09. The van der Waals surface area contributed by atoms with E-state index in [0.717, 1.165) is 49.7 Å². The molecule has 0 fully saturated rings. The lowest BCUT2D eigenvalue weighted by Crippen LogP contribution is -2.14. The molecule has 1 aliphatic heterocycles. The Kier molecular flexibility index (Phi) is 6.99. The van der Waals surface area contributed by atoms with Crippen LogP contribution in [0.1, 0.15) is 0 Å². The molecule has 2 aromatic heterocycles. The first kappa shape index (κ1) is 29.4. The van der Waals surface area contributed by atoms with Crippen molar-refractivity contribution in [2.75, 3.05) is 4.90 Å². The number of hydrogen-bond donors (Lipinski definition) is 0. The topological polar surface area (TPSA) is 46.8 Å². The molecule has 0 unspecified atom stereocenters. The minimum absolute atomic E-state index is 0.587. The third-order valence-electron chi connectivity index (χ3n) is 9.43. The van der Waals surface area contributed by atoms with Crippen LogP contribution >= 0.6 is 11.8 Å². The Morgan fingerprint density at radius 1 is 0.392 bits per heavy atom. The third kappa shape index (κ3) is 5.07. The molecule has 0 atom stereocenters. The second-order valence-electron chi connectivity index (χ2n) is 12.5. The zero-order chi connectivity index (χ0) is 33.7. The fourth-order valence-electron chi connectivity index (χ4n) is 7.07. The van der Waals surface area contributed by atoms with Crippen molar-refractivity contribution in [3.8, 4) is 39.9 Å². The van der Waals surface area contributed by atoms with Crippen LogP contribution in [0.5, 0.6) is 0 Å². The summed E-state index contributed by atoms with van der Waals surface area (Å²) in [6, 6.07) is 61.6. The molecule has 5 nitrogen and oxygen atoms in total. The first-order chi connectivity index (χ1) is 25.3. The van der Waals surface area contributed by atoms with Crippen molar-refractivity contribution in [2.45, 2.75) is 9.79 Å². The fourth-order valence-corrected chi connectivity index (χ4v) is 8.13. The van der Waals surface area contributed by atoms with E-state index in [2.05, 4.69) is 125 Å². The van der Waals surface area contributed by atoms with Crippen LogP contribution in [0.3, 0.4) is 0 Å². The van der Waals surface area contributed by atoms with Crippen LogP contribution in [0.2, 0.25) is 0 Å². The molecule has 3 heterocycles. The van der Waals surface area contributed by atoms with Crippen LogP contribution in [0, 0.1) is 0 Å². The molecule has 240 valence electrons. The number of anilines is 3. The highest BCUT2D eigenvalue weighted by molar-refractivity contribution is 7.99. The SMILES string of the molecule is c1ccc(-c2nc(-c3ccccc3)nc(-n3c4ccccc4c4cc(-c5cccc(N6c7ccccc7Sc7ccccc76)c5)ccc43)n2)cc1. The number of aromatic nitrogens is 4. The molecule has 0 N–H and O–H groups in total. The van der Waals surface area contributed by atoms with Gasteiger partial charge in [0.2, 0.25) is 5.95 Å². The molecule has 9 aromatic rings. The molecular formula is C45H29N5S. The monoisotopic (exact) mass is 671 g/mol. The maximum Gasteiger partial charge on any atom is 0.238 e. The Bertz CT molecular complexity index is 2640. The standard InChI is InChI=1S/C45H29N5S/c1-3-14-30(15-4-1)43-46-44(31-16-5-2-6-17-31)48-45(47-43)50-37-21-8-7-20-35(37)36-29-33(26-27-38(36)50)32-18-13-19-34(28-32)49-39-22-9-11-24-41(39)51-42-25-12-10-23-40(42)49/h1-29H. The summed E-state index contributed by atoms with van der Waals surface area (Å²) in [7, 11) is 0. The molecule has 0 saturated heterocycles. The largest absolute Gasteiger partial charge is 0.308 e. The minimum atomic E-state index is 0.587. The van der Waals surface area contributed by atoms with Gasteiger partial charge in [-0.25, -0.2) is 4.98 Å². The Labute approximate surface area is 299 Å². The van der Waals surface area contributed by atoms with Gasteiger partial charge >= 0.3 is 0 Å². The number of hydrogen-bond acceptors (Lipinski definition) is 5. The lowest BCUT2D eigenvalue weighted by Gasteiger charge is -2.33. The summed E-state index contributed by atoms with van der Waals surface area (Å²) in [5.41, 5.74) is 9.78.